The van der Waals surface area contributed by atoms with Crippen molar-refractivity contribution in [1.82, 2.24) is 14.3 Å². The monoisotopic (exact) mass is 1070 g/mol. The molecule has 0 aliphatic heterocycles. The Morgan fingerprint density at radius 3 is 1.17 bits per heavy atom. The molecule has 0 amide bonds. The molecule has 0 radical (unpaired) electrons. The zero-order valence-electron chi connectivity index (χ0n) is 43.0. The number of nitrogens with zero attached hydrogens (tertiary/aromatic N) is 9. The van der Waals surface area contributed by atoms with Crippen LogP contribution in [0.25, 0.3) is 10.4 Å². The lowest BCUT2D eigenvalue weighted by Crippen LogP contribution is -2.31. The molecule has 0 fully saturated rings. The molecule has 0 spiro atoms. The third kappa shape index (κ3) is 17.2. The van der Waals surface area contributed by atoms with E-state index in [0.717, 1.165) is 72.5 Å². The molecule has 19 heteroatoms. The number of unbranched alkanes of at least 4 members (excludes halogenated alkanes) is 1. The van der Waals surface area contributed by atoms with Gasteiger partial charge in [-0.05, 0) is 179 Å². The Morgan fingerprint density at radius 1 is 0.514 bits per heavy atom. The summed E-state index contributed by atoms with van der Waals surface area (Å²) in [7, 11) is 5.76. The van der Waals surface area contributed by atoms with E-state index in [1.54, 1.807) is 6.21 Å². The van der Waals surface area contributed by atoms with Crippen LogP contribution >= 0.6 is 20.5 Å². The van der Waals surface area contributed by atoms with Gasteiger partial charge in [0.05, 0.1) is 39.2 Å². The minimum Gasteiger partial charge on any atom is -0.481 e. The molecule has 0 bridgehead atoms. The lowest BCUT2D eigenvalue weighted by molar-refractivity contribution is 0.0840. The van der Waals surface area contributed by atoms with Crippen molar-refractivity contribution in [2.75, 3.05) is 21.1 Å². The van der Waals surface area contributed by atoms with E-state index in [1.807, 2.05) is 140 Å². The number of hydrogen-bond donors (Lipinski definition) is 0. The zero-order chi connectivity index (χ0) is 51.5. The van der Waals surface area contributed by atoms with Gasteiger partial charge in [-0.3, -0.25) is 14.3 Å². The number of aryl methyl sites for hydroxylation is 1. The predicted molar refractivity (Wildman–Crippen MR) is 309 cm³/mol. The van der Waals surface area contributed by atoms with Crippen LogP contribution in [0.15, 0.2) is 117 Å². The van der Waals surface area contributed by atoms with E-state index in [2.05, 4.69) is 77.5 Å². The van der Waals surface area contributed by atoms with Crippen LogP contribution in [0.1, 0.15) is 129 Å². The van der Waals surface area contributed by atoms with Crippen LogP contribution in [-0.4, -0.2) is 75.9 Å². The lowest BCUT2D eigenvalue weighted by atomic mass is 10.1. The van der Waals surface area contributed by atoms with E-state index in [4.69, 9.17) is 75.2 Å². The topological polar surface area (TPSA) is 132 Å². The second-order valence-electron chi connectivity index (χ2n) is 18.2. The Kier molecular flexibility index (Phi) is 22.9. The van der Waals surface area contributed by atoms with E-state index < -0.39 is 42.3 Å². The summed E-state index contributed by atoms with van der Waals surface area (Å²) in [6.45, 7) is 13.5. The van der Waals surface area contributed by atoms with E-state index in [1.165, 1.54) is 5.56 Å². The third-order valence-corrected chi connectivity index (χ3v) is 24.0. The fourth-order valence-corrected chi connectivity index (χ4v) is 13.7. The van der Waals surface area contributed by atoms with Gasteiger partial charge in [-0.25, -0.2) is 0 Å². The highest BCUT2D eigenvalue weighted by molar-refractivity contribution is 8.05. The minimum atomic E-state index is -1.73. The average Bonchev–Trinajstić information content (AvgIpc) is 3.35. The maximum absolute atomic E-state index is 9.08. The first-order valence-corrected chi connectivity index (χ1v) is 31.6. The molecule has 0 saturated heterocycles. The molecular weight excluding hydrogens is 992 g/mol. The number of hydrazone groups is 3. The Hall–Kier alpha value is -4.25. The summed E-state index contributed by atoms with van der Waals surface area (Å²) in [6, 6.07) is 31.4. The van der Waals surface area contributed by atoms with Crippen LogP contribution in [0.2, 0.25) is 0 Å². The number of hydrogen-bond acceptors (Lipinski definition) is 11. The molecule has 4 aromatic carbocycles. The Balaban J connectivity index is 1.34. The van der Waals surface area contributed by atoms with Crippen molar-refractivity contribution in [3.63, 3.8) is 0 Å². The number of azide groups is 1. The highest BCUT2D eigenvalue weighted by Gasteiger charge is 2.34. The van der Waals surface area contributed by atoms with Gasteiger partial charge >= 0.3 is 0 Å². The molecule has 0 aliphatic carbocycles. The average molecular weight is 1070 g/mol. The van der Waals surface area contributed by atoms with Crippen LogP contribution in [0.3, 0.4) is 0 Å². The van der Waals surface area contributed by atoms with E-state index in [-0.39, 0.29) is 0 Å². The van der Waals surface area contributed by atoms with Crippen LogP contribution in [0, 0.1) is 6.92 Å². The van der Waals surface area contributed by atoms with E-state index >= 15 is 0 Å². The smallest absolute Gasteiger partial charge is 0.185 e. The van der Waals surface area contributed by atoms with Crippen LogP contribution in [0.4, 0.5) is 0 Å². The standard InChI is InChI=1S/C51H74N9O4P3S3/c1-13-17-36-48(6,56-57-52)61-44-28-20-41(21-29-44)38-54-60(12)67(70)51(9,35-15-3)64-47-32-24-43(25-33-47)37-53-58(10)65(68)49(7,16-4)62-46-30-22-42(23-31-46)39-55-59(11)66(69)50(8,34-14-2)63-45-26-18-40(5)19-27-45/h18-33,37-39,65-67H,13-17,34-36H2,1-12H3/b53-37+,54-38+,55-39+/t48?,49?,50?,51-/m0/s1. The van der Waals surface area contributed by atoms with Gasteiger partial charge in [-0.15, -0.1) is 0 Å². The number of rotatable bonds is 29. The molecule has 4 rings (SSSR count). The lowest BCUT2D eigenvalue weighted by Gasteiger charge is -2.35. The second-order valence-corrected chi connectivity index (χ2v) is 28.6. The van der Waals surface area contributed by atoms with Gasteiger partial charge in [0.25, 0.3) is 0 Å². The van der Waals surface area contributed by atoms with Crippen molar-refractivity contribution in [3.05, 3.63) is 130 Å². The van der Waals surface area contributed by atoms with Crippen molar-refractivity contribution in [2.45, 2.75) is 135 Å². The molecule has 0 heterocycles. The molecule has 70 heavy (non-hydrogen) atoms. The summed E-state index contributed by atoms with van der Waals surface area (Å²) in [5, 5.41) is 16.4. The maximum Gasteiger partial charge on any atom is 0.185 e. The van der Waals surface area contributed by atoms with Crippen molar-refractivity contribution in [2.24, 2.45) is 20.4 Å². The normalized spacial score (nSPS) is 16.5. The molecule has 7 atom stereocenters. The van der Waals surface area contributed by atoms with Gasteiger partial charge in [0.15, 0.2) is 5.72 Å². The van der Waals surface area contributed by atoms with Gasteiger partial charge in [0, 0.05) is 26.1 Å². The highest BCUT2D eigenvalue weighted by Crippen LogP contribution is 2.48. The molecule has 380 valence electrons. The fourth-order valence-electron chi connectivity index (χ4n) is 7.50. The van der Waals surface area contributed by atoms with Crippen molar-refractivity contribution >= 4 is 74.6 Å². The van der Waals surface area contributed by atoms with E-state index in [9.17, 15) is 0 Å². The zero-order valence-corrected chi connectivity index (χ0v) is 48.5. The number of ether oxygens (including phenoxy) is 4. The number of benzene rings is 4. The van der Waals surface area contributed by atoms with Gasteiger partial charge in [0.2, 0.25) is 0 Å². The van der Waals surface area contributed by atoms with Crippen molar-refractivity contribution in [3.8, 4) is 23.0 Å². The first-order chi connectivity index (χ1) is 33.2. The first-order valence-electron chi connectivity index (χ1n) is 23.9. The Labute approximate surface area is 435 Å². The van der Waals surface area contributed by atoms with Crippen LogP contribution < -0.4 is 18.9 Å². The van der Waals surface area contributed by atoms with E-state index in [0.29, 0.717) is 18.6 Å². The SMILES string of the molecule is CCCCC(C)(N=[N+]=[N-])Oc1ccc(/C=N/N(C)[PH](=S)[C@@](C)(CCC)Oc2ccc(/C=N/N(C)[PH](=S)C(C)(CC)Oc3ccc(/C=N/N(C)[PH](=S)C(C)(CCC)Oc4ccc(C)cc4)cc3)cc2)cc1. The van der Waals surface area contributed by atoms with Gasteiger partial charge in [-0.2, -0.15) is 15.3 Å². The molecule has 0 N–H and O–H groups in total. The Bertz CT molecular complexity index is 2500. The van der Waals surface area contributed by atoms with Crippen LogP contribution in [-0.2, 0) is 35.4 Å². The molecule has 0 aliphatic rings. The summed E-state index contributed by atoms with van der Waals surface area (Å²) >= 11 is 18.4. The first kappa shape index (κ1) is 58.3. The highest BCUT2D eigenvalue weighted by atomic mass is 32.4. The van der Waals surface area contributed by atoms with Crippen LogP contribution in [0.5, 0.6) is 23.0 Å². The minimum absolute atomic E-state index is 0.508. The maximum atomic E-state index is 9.08. The molecular formula is C51H74N9O4P3S3. The molecule has 6 unspecified atom stereocenters. The molecule has 13 nitrogen and oxygen atoms in total. The van der Waals surface area contributed by atoms with Gasteiger partial charge in [0.1, 0.15) is 39.0 Å². The second kappa shape index (κ2) is 27.5. The predicted octanol–water partition coefficient (Wildman–Crippen LogP) is 14.6. The summed E-state index contributed by atoms with van der Waals surface area (Å²) < 4.78 is 31.5. The van der Waals surface area contributed by atoms with Gasteiger partial charge < -0.3 is 18.9 Å². The summed E-state index contributed by atoms with van der Waals surface area (Å²) in [4.78, 5) is 3.00. The summed E-state index contributed by atoms with van der Waals surface area (Å²) in [5.41, 5.74) is 12.0. The Morgan fingerprint density at radius 2 is 0.843 bits per heavy atom. The largest absolute Gasteiger partial charge is 0.481 e. The molecule has 0 saturated carbocycles. The molecule has 0 aromatic heterocycles. The summed E-state index contributed by atoms with van der Waals surface area (Å²) in [5.74, 6) is 2.90. The third-order valence-electron chi connectivity index (χ3n) is 11.8. The summed E-state index contributed by atoms with van der Waals surface area (Å²) in [6.07, 6.45) is 12.1. The quantitative estimate of drug-likeness (QED) is 0.0129. The van der Waals surface area contributed by atoms with Crippen molar-refractivity contribution in [1.29, 1.82) is 0 Å². The fraction of sp³-hybridized carbons (Fsp3) is 0.471. The van der Waals surface area contributed by atoms with Crippen molar-refractivity contribution < 1.29 is 18.9 Å². The molecule has 4 aromatic rings. The van der Waals surface area contributed by atoms with Gasteiger partial charge in [-0.1, -0.05) is 100 Å².